The Morgan fingerprint density at radius 2 is 1.76 bits per heavy atom. The molecule has 25 heavy (non-hydrogen) atoms. The first-order chi connectivity index (χ1) is 11.8. The molecule has 0 saturated heterocycles. The van der Waals surface area contributed by atoms with Gasteiger partial charge in [-0.25, -0.2) is 14.6 Å². The Hall–Kier alpha value is -2.48. The van der Waals surface area contributed by atoms with Crippen molar-refractivity contribution >= 4 is 29.1 Å². The standard InChI is InChI=1S/C17H20N2O5S/c1-6-23-16(21)14-8(2)13(9(3)19-14)12(20)7-24-17(22)15-10(4)18-11(5)25-15/h19H,6-7H2,1-5H3. The smallest absolute Gasteiger partial charge is 0.355 e. The van der Waals surface area contributed by atoms with Gasteiger partial charge in [-0.05, 0) is 40.2 Å². The highest BCUT2D eigenvalue weighted by Gasteiger charge is 2.24. The van der Waals surface area contributed by atoms with E-state index in [-0.39, 0.29) is 18.1 Å². The number of ketones is 1. The number of Topliss-reactive ketones (excluding diaryl/α,β-unsaturated/α-hetero) is 1. The number of hydrogen-bond acceptors (Lipinski definition) is 7. The number of aromatic amines is 1. The van der Waals surface area contributed by atoms with Gasteiger partial charge in [-0.1, -0.05) is 0 Å². The number of carbonyl (C=O) groups excluding carboxylic acids is 3. The zero-order valence-corrected chi connectivity index (χ0v) is 15.6. The van der Waals surface area contributed by atoms with Gasteiger partial charge in [0, 0.05) is 11.3 Å². The van der Waals surface area contributed by atoms with E-state index in [0.29, 0.717) is 27.4 Å². The van der Waals surface area contributed by atoms with Crippen molar-refractivity contribution in [3.8, 4) is 0 Å². The molecule has 0 saturated carbocycles. The normalized spacial score (nSPS) is 10.6. The maximum Gasteiger partial charge on any atom is 0.355 e. The fourth-order valence-electron chi connectivity index (χ4n) is 2.57. The molecule has 134 valence electrons. The molecule has 0 aliphatic carbocycles. The molecule has 2 aromatic rings. The van der Waals surface area contributed by atoms with Gasteiger partial charge in [0.25, 0.3) is 0 Å². The number of esters is 2. The number of rotatable bonds is 6. The minimum absolute atomic E-state index is 0.239. The molecular formula is C17H20N2O5S. The van der Waals surface area contributed by atoms with E-state index >= 15 is 0 Å². The summed E-state index contributed by atoms with van der Waals surface area (Å²) in [5.41, 5.74) is 2.18. The molecule has 7 nitrogen and oxygen atoms in total. The van der Waals surface area contributed by atoms with Gasteiger partial charge in [0.2, 0.25) is 5.78 Å². The molecule has 0 atom stereocenters. The quantitative estimate of drug-likeness (QED) is 0.625. The lowest BCUT2D eigenvalue weighted by Crippen LogP contribution is -2.15. The summed E-state index contributed by atoms with van der Waals surface area (Å²) >= 11 is 1.23. The van der Waals surface area contributed by atoms with Gasteiger partial charge in [0.05, 0.1) is 17.3 Å². The van der Waals surface area contributed by atoms with Crippen LogP contribution in [0.4, 0.5) is 0 Å². The van der Waals surface area contributed by atoms with E-state index in [0.717, 1.165) is 5.01 Å². The second-order valence-corrected chi connectivity index (χ2v) is 6.70. The first kappa shape index (κ1) is 18.9. The van der Waals surface area contributed by atoms with Crippen molar-refractivity contribution < 1.29 is 23.9 Å². The van der Waals surface area contributed by atoms with Gasteiger partial charge in [-0.15, -0.1) is 11.3 Å². The zero-order chi connectivity index (χ0) is 18.7. The zero-order valence-electron chi connectivity index (χ0n) is 14.8. The molecule has 0 radical (unpaired) electrons. The van der Waals surface area contributed by atoms with Crippen molar-refractivity contribution in [2.24, 2.45) is 0 Å². The second kappa shape index (κ2) is 7.60. The van der Waals surface area contributed by atoms with E-state index in [9.17, 15) is 14.4 Å². The fourth-order valence-corrected chi connectivity index (χ4v) is 3.38. The summed E-state index contributed by atoms with van der Waals surface area (Å²) in [7, 11) is 0. The Bertz CT molecular complexity index is 834. The van der Waals surface area contributed by atoms with Crippen molar-refractivity contribution in [3.63, 3.8) is 0 Å². The predicted molar refractivity (Wildman–Crippen MR) is 92.4 cm³/mol. The number of nitrogens with zero attached hydrogens (tertiary/aromatic N) is 1. The summed E-state index contributed by atoms with van der Waals surface area (Å²) in [5, 5.41) is 0.757. The number of ether oxygens (including phenoxy) is 2. The van der Waals surface area contributed by atoms with Crippen LogP contribution in [0.1, 0.15) is 59.4 Å². The van der Waals surface area contributed by atoms with Crippen LogP contribution < -0.4 is 0 Å². The molecule has 8 heteroatoms. The lowest BCUT2D eigenvalue weighted by Gasteiger charge is -2.05. The SMILES string of the molecule is CCOC(=O)c1[nH]c(C)c(C(=O)COC(=O)c2sc(C)nc2C)c1C. The highest BCUT2D eigenvalue weighted by Crippen LogP contribution is 2.21. The van der Waals surface area contributed by atoms with Gasteiger partial charge in [-0.2, -0.15) is 0 Å². The average molecular weight is 364 g/mol. The minimum atomic E-state index is -0.576. The van der Waals surface area contributed by atoms with Gasteiger partial charge < -0.3 is 14.5 Å². The molecule has 2 heterocycles. The summed E-state index contributed by atoms with van der Waals surface area (Å²) in [6.07, 6.45) is 0. The lowest BCUT2D eigenvalue weighted by atomic mass is 10.1. The molecule has 2 rings (SSSR count). The van der Waals surface area contributed by atoms with Crippen molar-refractivity contribution in [1.29, 1.82) is 0 Å². The molecule has 0 aromatic carbocycles. The van der Waals surface area contributed by atoms with E-state index in [1.165, 1.54) is 11.3 Å². The van der Waals surface area contributed by atoms with Crippen LogP contribution in [0.2, 0.25) is 0 Å². The number of H-pyrrole nitrogens is 1. The van der Waals surface area contributed by atoms with Gasteiger partial charge >= 0.3 is 11.9 Å². The largest absolute Gasteiger partial charge is 0.461 e. The topological polar surface area (TPSA) is 98.4 Å². The summed E-state index contributed by atoms with van der Waals surface area (Å²) in [6, 6.07) is 0. The highest BCUT2D eigenvalue weighted by molar-refractivity contribution is 7.13. The molecule has 0 bridgehead atoms. The fraction of sp³-hybridized carbons (Fsp3) is 0.412. The van der Waals surface area contributed by atoms with Crippen LogP contribution in [0, 0.1) is 27.7 Å². The Morgan fingerprint density at radius 3 is 2.32 bits per heavy atom. The molecule has 0 fully saturated rings. The number of aromatic nitrogens is 2. The summed E-state index contributed by atoms with van der Waals surface area (Å²) in [6.45, 7) is 8.39. The third kappa shape index (κ3) is 3.96. The van der Waals surface area contributed by atoms with Crippen LogP contribution in [0.3, 0.4) is 0 Å². The molecule has 0 amide bonds. The van der Waals surface area contributed by atoms with Gasteiger partial charge in [-0.3, -0.25) is 4.79 Å². The third-order valence-electron chi connectivity index (χ3n) is 3.62. The van der Waals surface area contributed by atoms with E-state index in [1.807, 2.05) is 0 Å². The molecule has 2 aromatic heterocycles. The monoisotopic (exact) mass is 364 g/mol. The van der Waals surface area contributed by atoms with Crippen molar-refractivity contribution in [1.82, 2.24) is 9.97 Å². The average Bonchev–Trinajstić information content (AvgIpc) is 3.03. The van der Waals surface area contributed by atoms with Gasteiger partial charge in [0.15, 0.2) is 6.61 Å². The number of hydrogen-bond donors (Lipinski definition) is 1. The first-order valence-electron chi connectivity index (χ1n) is 7.76. The number of carbonyl (C=O) groups is 3. The van der Waals surface area contributed by atoms with Crippen molar-refractivity contribution in [2.45, 2.75) is 34.6 Å². The lowest BCUT2D eigenvalue weighted by molar-refractivity contribution is 0.0476. The Morgan fingerprint density at radius 1 is 1.08 bits per heavy atom. The summed E-state index contributed by atoms with van der Waals surface area (Å²) < 4.78 is 10.1. The minimum Gasteiger partial charge on any atom is -0.461 e. The molecule has 0 aliphatic rings. The molecule has 0 unspecified atom stereocenters. The van der Waals surface area contributed by atoms with Crippen molar-refractivity contribution in [3.05, 3.63) is 38.1 Å². The molecule has 0 spiro atoms. The first-order valence-corrected chi connectivity index (χ1v) is 8.58. The maximum atomic E-state index is 12.4. The van der Waals surface area contributed by atoms with E-state index in [1.54, 1.807) is 34.6 Å². The van der Waals surface area contributed by atoms with Gasteiger partial charge in [0.1, 0.15) is 10.6 Å². The number of thiazole rings is 1. The summed E-state index contributed by atoms with van der Waals surface area (Å²) in [4.78, 5) is 43.8. The maximum absolute atomic E-state index is 12.4. The summed E-state index contributed by atoms with van der Waals surface area (Å²) in [5.74, 6) is -1.48. The van der Waals surface area contributed by atoms with E-state index in [4.69, 9.17) is 9.47 Å². The van der Waals surface area contributed by atoms with E-state index in [2.05, 4.69) is 9.97 Å². The molecular weight excluding hydrogens is 344 g/mol. The van der Waals surface area contributed by atoms with Crippen molar-refractivity contribution in [2.75, 3.05) is 13.2 Å². The Labute approximate surface area is 149 Å². The number of aryl methyl sites for hydroxylation is 3. The van der Waals surface area contributed by atoms with Crippen LogP contribution in [0.25, 0.3) is 0 Å². The molecule has 1 N–H and O–H groups in total. The van der Waals surface area contributed by atoms with Crippen LogP contribution >= 0.6 is 11.3 Å². The predicted octanol–water partition coefficient (Wildman–Crippen LogP) is 2.92. The van der Waals surface area contributed by atoms with Crippen LogP contribution in [-0.2, 0) is 9.47 Å². The second-order valence-electron chi connectivity index (χ2n) is 5.49. The molecule has 0 aliphatic heterocycles. The Kier molecular flexibility index (Phi) is 5.73. The van der Waals surface area contributed by atoms with Crippen LogP contribution in [-0.4, -0.2) is 40.9 Å². The van der Waals surface area contributed by atoms with Crippen LogP contribution in [0.5, 0.6) is 0 Å². The third-order valence-corrected chi connectivity index (χ3v) is 4.67. The van der Waals surface area contributed by atoms with E-state index < -0.39 is 18.5 Å². The highest BCUT2D eigenvalue weighted by atomic mass is 32.1. The van der Waals surface area contributed by atoms with Crippen LogP contribution in [0.15, 0.2) is 0 Å². The Balaban J connectivity index is 2.12. The number of nitrogens with one attached hydrogen (secondary N) is 1.